The van der Waals surface area contributed by atoms with Crippen molar-refractivity contribution in [2.45, 2.75) is 0 Å². The molecule has 0 fully saturated rings. The second kappa shape index (κ2) is 27.8. The van der Waals surface area contributed by atoms with E-state index in [0.717, 1.165) is 0 Å². The molecule has 0 aromatic heterocycles. The van der Waals surface area contributed by atoms with Gasteiger partial charge in [-0.3, -0.25) is 0 Å². The standard InChI is InChI=1S/2Mo.2N/q;+6;2*-3. The summed E-state index contributed by atoms with van der Waals surface area (Å²) in [5.74, 6) is 0. The van der Waals surface area contributed by atoms with Crippen LogP contribution in [0.3, 0.4) is 0 Å². The van der Waals surface area contributed by atoms with Crippen LogP contribution in [0.1, 0.15) is 0 Å². The molecule has 0 aliphatic heterocycles. The Morgan fingerprint density at radius 2 is 0.750 bits per heavy atom. The molecule has 0 saturated heterocycles. The van der Waals surface area contributed by atoms with Gasteiger partial charge in [0.05, 0.1) is 0 Å². The molecule has 0 aromatic carbocycles. The summed E-state index contributed by atoms with van der Waals surface area (Å²) in [7, 11) is 0. The van der Waals surface area contributed by atoms with Crippen molar-refractivity contribution >= 4 is 0 Å². The minimum absolute atomic E-state index is 0. The molecule has 0 N–H and O–H groups in total. The smallest absolute Gasteiger partial charge is 3.00 e. The molecule has 0 aliphatic carbocycles. The van der Waals surface area contributed by atoms with Gasteiger partial charge < -0.3 is 12.3 Å². The Hall–Kier alpha value is 1.30. The zero-order chi connectivity index (χ0) is 0. The first-order valence-electron chi connectivity index (χ1n) is 0. The maximum Gasteiger partial charge on any atom is 6.00 e. The van der Waals surface area contributed by atoms with Crippen LogP contribution in [0.5, 0.6) is 0 Å². The zero-order valence-corrected chi connectivity index (χ0v) is 5.72. The first-order chi connectivity index (χ1) is 0. The SMILES string of the molecule is [Mo+6].[Mo].[N-3].[N-3]. The monoisotopic (exact) mass is 224 g/mol. The van der Waals surface area contributed by atoms with Crippen molar-refractivity contribution in [3.63, 3.8) is 0 Å². The van der Waals surface area contributed by atoms with Crippen LogP contribution in [0.25, 0.3) is 12.3 Å². The van der Waals surface area contributed by atoms with Gasteiger partial charge in [-0.2, -0.15) is 0 Å². The molecule has 0 atom stereocenters. The molecule has 0 aliphatic rings. The van der Waals surface area contributed by atoms with Gasteiger partial charge in [-0.05, 0) is 0 Å². The van der Waals surface area contributed by atoms with Crippen LogP contribution in [0, 0.1) is 0 Å². The summed E-state index contributed by atoms with van der Waals surface area (Å²) in [6, 6.07) is 0. The van der Waals surface area contributed by atoms with Crippen molar-refractivity contribution in [2.75, 3.05) is 0 Å². The van der Waals surface area contributed by atoms with E-state index in [2.05, 4.69) is 0 Å². The maximum absolute atomic E-state index is 0. The molecular formula is Mo2N2. The molecule has 0 rings (SSSR count). The first-order valence-corrected chi connectivity index (χ1v) is 0. The molecule has 22 valence electrons. The van der Waals surface area contributed by atoms with E-state index in [9.17, 15) is 0 Å². The topological polar surface area (TPSA) is 61.0 Å². The van der Waals surface area contributed by atoms with Crippen LogP contribution in [0.2, 0.25) is 0 Å². The summed E-state index contributed by atoms with van der Waals surface area (Å²) in [5.41, 5.74) is 0. The maximum atomic E-state index is 0. The van der Waals surface area contributed by atoms with Gasteiger partial charge in [0.1, 0.15) is 0 Å². The molecule has 0 spiro atoms. The normalized spacial score (nSPS) is 0. The van der Waals surface area contributed by atoms with Crippen molar-refractivity contribution in [2.24, 2.45) is 0 Å². The summed E-state index contributed by atoms with van der Waals surface area (Å²) < 4.78 is 0. The van der Waals surface area contributed by atoms with Crippen molar-refractivity contribution in [3.05, 3.63) is 12.3 Å². The molecule has 4 heteroatoms. The molecule has 0 aromatic rings. The fraction of sp³-hybridized carbons (Fsp3) is 0. The summed E-state index contributed by atoms with van der Waals surface area (Å²) in [5, 5.41) is 0. The first kappa shape index (κ1) is 58.2. The van der Waals surface area contributed by atoms with Gasteiger partial charge in [0.25, 0.3) is 0 Å². The van der Waals surface area contributed by atoms with Gasteiger partial charge in [-0.15, -0.1) is 0 Å². The van der Waals surface area contributed by atoms with Gasteiger partial charge in [0.2, 0.25) is 0 Å². The molecule has 4 heavy (non-hydrogen) atoms. The van der Waals surface area contributed by atoms with Crippen LogP contribution >= 0.6 is 0 Å². The van der Waals surface area contributed by atoms with Crippen LogP contribution < -0.4 is 0 Å². The fourth-order valence-corrected chi connectivity index (χ4v) is 0. The Morgan fingerprint density at radius 3 is 0.750 bits per heavy atom. The zero-order valence-electron chi connectivity index (χ0n) is 1.71. The average Bonchev–Trinajstić information content (AvgIpc) is 0. The van der Waals surface area contributed by atoms with Crippen LogP contribution in [-0.2, 0) is 42.1 Å². The molecule has 0 saturated carbocycles. The second-order valence-corrected chi connectivity index (χ2v) is 0. The number of hydrogen-bond acceptors (Lipinski definition) is 0. The van der Waals surface area contributed by atoms with E-state index in [1.165, 1.54) is 0 Å². The molecule has 0 amide bonds. The number of rotatable bonds is 0. The molecule has 0 unspecified atom stereocenters. The van der Waals surface area contributed by atoms with E-state index < -0.39 is 0 Å². The molecule has 0 heterocycles. The molecular weight excluding hydrogens is 220 g/mol. The second-order valence-electron chi connectivity index (χ2n) is 0. The van der Waals surface area contributed by atoms with Gasteiger partial charge in [0, 0.05) is 21.1 Å². The summed E-state index contributed by atoms with van der Waals surface area (Å²) >= 11 is 0. The predicted molar refractivity (Wildman–Crippen MR) is 6.72 cm³/mol. The Labute approximate surface area is 54.4 Å². The Balaban J connectivity index is 0. The quantitative estimate of drug-likeness (QED) is 0.535. The average molecular weight is 220 g/mol. The minimum Gasteiger partial charge on any atom is -3.00 e. The van der Waals surface area contributed by atoms with Crippen molar-refractivity contribution in [1.29, 1.82) is 0 Å². The van der Waals surface area contributed by atoms with E-state index in [1.807, 2.05) is 0 Å². The third-order valence-electron chi connectivity index (χ3n) is 0. The van der Waals surface area contributed by atoms with Crippen molar-refractivity contribution in [3.8, 4) is 0 Å². The summed E-state index contributed by atoms with van der Waals surface area (Å²) in [6.45, 7) is 0. The van der Waals surface area contributed by atoms with E-state index in [4.69, 9.17) is 0 Å². The van der Waals surface area contributed by atoms with Crippen LogP contribution in [-0.4, -0.2) is 0 Å². The van der Waals surface area contributed by atoms with E-state index in [1.54, 1.807) is 0 Å². The Bertz CT molecular complexity index is 4.00. The Morgan fingerprint density at radius 1 is 0.750 bits per heavy atom. The van der Waals surface area contributed by atoms with Crippen molar-refractivity contribution in [1.82, 2.24) is 0 Å². The molecule has 2 nitrogen and oxygen atoms in total. The number of hydrogen-bond donors (Lipinski definition) is 0. The largest absolute Gasteiger partial charge is 6.00 e. The summed E-state index contributed by atoms with van der Waals surface area (Å²) in [6.07, 6.45) is 0. The van der Waals surface area contributed by atoms with E-state index >= 15 is 0 Å². The predicted octanol–water partition coefficient (Wildman–Crippen LogP) is 0.572. The van der Waals surface area contributed by atoms with Gasteiger partial charge in [-0.25, -0.2) is 0 Å². The van der Waals surface area contributed by atoms with Crippen molar-refractivity contribution < 1.29 is 42.1 Å². The van der Waals surface area contributed by atoms with Crippen LogP contribution in [0.15, 0.2) is 0 Å². The molecule has 0 bridgehead atoms. The third-order valence-corrected chi connectivity index (χ3v) is 0. The minimum atomic E-state index is 0. The van der Waals surface area contributed by atoms with E-state index in [-0.39, 0.29) is 54.4 Å². The van der Waals surface area contributed by atoms with Crippen LogP contribution in [0.4, 0.5) is 0 Å². The Kier molecular flexibility index (Phi) is 404. The van der Waals surface area contributed by atoms with Gasteiger partial charge in [-0.1, -0.05) is 0 Å². The number of nitrogens with zero attached hydrogens (tertiary/aromatic N) is 2. The van der Waals surface area contributed by atoms with E-state index in [0.29, 0.717) is 0 Å². The van der Waals surface area contributed by atoms with Gasteiger partial charge >= 0.3 is 21.1 Å². The fourth-order valence-electron chi connectivity index (χ4n) is 0. The summed E-state index contributed by atoms with van der Waals surface area (Å²) in [4.78, 5) is 0. The molecule has 0 radical (unpaired) electrons. The van der Waals surface area contributed by atoms with Gasteiger partial charge in [0.15, 0.2) is 0 Å². The third kappa shape index (κ3) is 10.3.